The summed E-state index contributed by atoms with van der Waals surface area (Å²) in [6, 6.07) is 18.7. The Hall–Kier alpha value is -3.14. The van der Waals surface area contributed by atoms with Crippen LogP contribution in [0.5, 0.6) is 0 Å². The summed E-state index contributed by atoms with van der Waals surface area (Å²) in [6.45, 7) is 0. The predicted molar refractivity (Wildman–Crippen MR) is 91.2 cm³/mol. The van der Waals surface area contributed by atoms with Gasteiger partial charge in [0.15, 0.2) is 0 Å². The van der Waals surface area contributed by atoms with Crippen LogP contribution in [0.3, 0.4) is 0 Å². The van der Waals surface area contributed by atoms with Crippen LogP contribution < -0.4 is 0 Å². The number of hydrogen-bond donors (Lipinski definition) is 0. The second-order valence-electron chi connectivity index (χ2n) is 5.31. The minimum absolute atomic E-state index is 0.302. The fourth-order valence-corrected chi connectivity index (χ4v) is 2.71. The maximum absolute atomic E-state index is 12.1. The number of esters is 2. The lowest BCUT2D eigenvalue weighted by Crippen LogP contribution is -2.03. The Morgan fingerprint density at radius 3 is 1.92 bits per heavy atom. The first-order valence-corrected chi connectivity index (χ1v) is 7.44. The van der Waals surface area contributed by atoms with Crippen LogP contribution in [0, 0.1) is 0 Å². The highest BCUT2D eigenvalue weighted by Gasteiger charge is 2.17. The van der Waals surface area contributed by atoms with Crippen LogP contribution >= 0.6 is 0 Å². The third kappa shape index (κ3) is 2.86. The number of carbonyl (C=O) groups is 2. The third-order valence-electron chi connectivity index (χ3n) is 3.88. The maximum atomic E-state index is 12.1. The number of fused-ring (bicyclic) bond motifs is 1. The highest BCUT2D eigenvalue weighted by atomic mass is 16.5. The Labute approximate surface area is 140 Å². The molecular weight excluding hydrogens is 304 g/mol. The molecule has 0 aromatic heterocycles. The van der Waals surface area contributed by atoms with Gasteiger partial charge in [-0.2, -0.15) is 0 Å². The van der Waals surface area contributed by atoms with Crippen molar-refractivity contribution < 1.29 is 19.1 Å². The molecule has 0 radical (unpaired) electrons. The summed E-state index contributed by atoms with van der Waals surface area (Å²) in [5.74, 6) is -1.00. The molecule has 0 saturated heterocycles. The molecule has 4 heteroatoms. The second kappa shape index (κ2) is 6.54. The van der Waals surface area contributed by atoms with Gasteiger partial charge in [0, 0.05) is 0 Å². The minimum atomic E-state index is -0.502. The van der Waals surface area contributed by atoms with Crippen molar-refractivity contribution in [3.05, 3.63) is 71.8 Å². The van der Waals surface area contributed by atoms with E-state index in [1.165, 1.54) is 20.3 Å². The molecule has 3 rings (SSSR count). The molecule has 2 aliphatic rings. The summed E-state index contributed by atoms with van der Waals surface area (Å²) in [7, 11) is 2.62. The van der Waals surface area contributed by atoms with Gasteiger partial charge in [-0.3, -0.25) is 0 Å². The number of ether oxygens (including phenoxy) is 2. The largest absolute Gasteiger partial charge is 0.465 e. The van der Waals surface area contributed by atoms with Crippen LogP contribution in [-0.2, 0) is 9.47 Å². The van der Waals surface area contributed by atoms with Crippen LogP contribution in [0.2, 0.25) is 0 Å². The first-order chi connectivity index (χ1) is 11.6. The van der Waals surface area contributed by atoms with Crippen LogP contribution in [0.4, 0.5) is 0 Å². The number of rotatable bonds is 3. The van der Waals surface area contributed by atoms with Gasteiger partial charge < -0.3 is 9.47 Å². The summed E-state index contributed by atoms with van der Waals surface area (Å²) in [4.78, 5) is 24.0. The fourth-order valence-electron chi connectivity index (χ4n) is 2.71. The molecule has 0 aliphatic heterocycles. The molecule has 1 aromatic carbocycles. The molecule has 2 aliphatic carbocycles. The van der Waals surface area contributed by atoms with E-state index in [2.05, 4.69) is 0 Å². The normalized spacial score (nSPS) is 10.4. The van der Waals surface area contributed by atoms with Crippen molar-refractivity contribution in [2.24, 2.45) is 0 Å². The average Bonchev–Trinajstić information content (AvgIpc) is 2.91. The quantitative estimate of drug-likeness (QED) is 0.684. The molecule has 0 heterocycles. The van der Waals surface area contributed by atoms with Gasteiger partial charge in [0.2, 0.25) is 0 Å². The van der Waals surface area contributed by atoms with E-state index in [1.807, 2.05) is 42.5 Å². The molecule has 0 unspecified atom stereocenters. The minimum Gasteiger partial charge on any atom is -0.465 e. The smallest absolute Gasteiger partial charge is 0.337 e. The molecule has 0 spiro atoms. The van der Waals surface area contributed by atoms with E-state index in [1.54, 1.807) is 12.1 Å². The van der Waals surface area contributed by atoms with Gasteiger partial charge in [-0.15, -0.1) is 0 Å². The van der Waals surface area contributed by atoms with Crippen molar-refractivity contribution in [3.8, 4) is 22.3 Å². The van der Waals surface area contributed by atoms with Crippen molar-refractivity contribution in [1.82, 2.24) is 0 Å². The summed E-state index contributed by atoms with van der Waals surface area (Å²) < 4.78 is 9.62. The van der Waals surface area contributed by atoms with Gasteiger partial charge in [0.25, 0.3) is 0 Å². The Morgan fingerprint density at radius 2 is 1.29 bits per heavy atom. The summed E-state index contributed by atoms with van der Waals surface area (Å²) >= 11 is 0. The first kappa shape index (κ1) is 15.7. The Balaban J connectivity index is 2.24. The molecule has 0 atom stereocenters. The van der Waals surface area contributed by atoms with E-state index in [0.717, 1.165) is 22.3 Å². The van der Waals surface area contributed by atoms with Crippen molar-refractivity contribution >= 4 is 11.9 Å². The van der Waals surface area contributed by atoms with Crippen molar-refractivity contribution in [1.29, 1.82) is 0 Å². The van der Waals surface area contributed by atoms with E-state index < -0.39 is 11.9 Å². The molecule has 0 fully saturated rings. The van der Waals surface area contributed by atoms with Gasteiger partial charge in [0.1, 0.15) is 0 Å². The maximum Gasteiger partial charge on any atom is 0.337 e. The highest BCUT2D eigenvalue weighted by Crippen LogP contribution is 2.36. The van der Waals surface area contributed by atoms with Crippen LogP contribution in [0.25, 0.3) is 22.3 Å². The standard InChI is InChI=1S/C20H16O4/c1-23-19(21)15-10-14-8-9-17(13-6-4-3-5-7-13)18(14)12-16(11-15)20(22)24-2/h3-12H,1-2H3. The first-order valence-electron chi connectivity index (χ1n) is 7.44. The van der Waals surface area contributed by atoms with Crippen molar-refractivity contribution in [2.45, 2.75) is 0 Å². The predicted octanol–water partition coefficient (Wildman–Crippen LogP) is 4.03. The molecule has 0 saturated carbocycles. The van der Waals surface area contributed by atoms with Crippen LogP contribution in [0.15, 0.2) is 60.7 Å². The van der Waals surface area contributed by atoms with Gasteiger partial charge in [-0.25, -0.2) is 9.59 Å². The number of carbonyl (C=O) groups excluding carboxylic acids is 2. The Morgan fingerprint density at radius 1 is 0.667 bits per heavy atom. The van der Waals surface area contributed by atoms with Crippen LogP contribution in [-0.4, -0.2) is 26.2 Å². The zero-order chi connectivity index (χ0) is 17.1. The topological polar surface area (TPSA) is 52.6 Å². The lowest BCUT2D eigenvalue weighted by atomic mass is 10.0. The summed E-state index contributed by atoms with van der Waals surface area (Å²) in [6.07, 6.45) is 0. The lowest BCUT2D eigenvalue weighted by Gasteiger charge is -2.03. The Kier molecular flexibility index (Phi) is 4.29. The average molecular weight is 320 g/mol. The highest BCUT2D eigenvalue weighted by molar-refractivity contribution is 5.99. The monoisotopic (exact) mass is 320 g/mol. The van der Waals surface area contributed by atoms with Crippen molar-refractivity contribution in [3.63, 3.8) is 0 Å². The number of benzene rings is 1. The zero-order valence-electron chi connectivity index (χ0n) is 13.4. The summed E-state index contributed by atoms with van der Waals surface area (Å²) in [5.41, 5.74) is 4.35. The van der Waals surface area contributed by atoms with Gasteiger partial charge in [0.05, 0.1) is 25.3 Å². The van der Waals surface area contributed by atoms with Gasteiger partial charge in [-0.05, 0) is 40.5 Å². The van der Waals surface area contributed by atoms with Crippen molar-refractivity contribution in [2.75, 3.05) is 14.2 Å². The molecule has 120 valence electrons. The van der Waals surface area contributed by atoms with Gasteiger partial charge >= 0.3 is 11.9 Å². The van der Waals surface area contributed by atoms with Crippen LogP contribution in [0.1, 0.15) is 20.7 Å². The molecule has 0 N–H and O–H groups in total. The van der Waals surface area contributed by atoms with E-state index in [9.17, 15) is 9.59 Å². The lowest BCUT2D eigenvalue weighted by molar-refractivity contribution is 0.0600. The number of methoxy groups -OCH3 is 2. The molecular formula is C20H16O4. The third-order valence-corrected chi connectivity index (χ3v) is 3.88. The molecule has 0 amide bonds. The second-order valence-corrected chi connectivity index (χ2v) is 5.31. The van der Waals surface area contributed by atoms with E-state index in [-0.39, 0.29) is 0 Å². The Bertz CT molecular complexity index is 868. The SMILES string of the molecule is COC(=O)c1cc(C(=O)OC)cc2c(-c3ccccc3)ccc-2c1. The zero-order valence-corrected chi connectivity index (χ0v) is 13.4. The molecule has 0 bridgehead atoms. The van der Waals surface area contributed by atoms with Gasteiger partial charge in [-0.1, -0.05) is 42.5 Å². The molecule has 24 heavy (non-hydrogen) atoms. The van der Waals surface area contributed by atoms with E-state index in [0.29, 0.717) is 11.1 Å². The van der Waals surface area contributed by atoms with E-state index >= 15 is 0 Å². The van der Waals surface area contributed by atoms with E-state index in [4.69, 9.17) is 9.47 Å². The molecule has 1 aromatic rings. The number of hydrogen-bond acceptors (Lipinski definition) is 4. The fraction of sp³-hybridized carbons (Fsp3) is 0.100. The summed E-state index contributed by atoms with van der Waals surface area (Å²) in [5, 5.41) is 0. The molecule has 4 nitrogen and oxygen atoms in total.